The van der Waals surface area contributed by atoms with Crippen LogP contribution in [0, 0.1) is 0 Å². The Bertz CT molecular complexity index is 1450. The molecule has 1 aliphatic heterocycles. The third kappa shape index (κ3) is 11.8. The van der Waals surface area contributed by atoms with Gasteiger partial charge in [0, 0.05) is 17.0 Å². The molecule has 8 nitrogen and oxygen atoms in total. The van der Waals surface area contributed by atoms with Gasteiger partial charge in [-0.25, -0.2) is 8.42 Å². The third-order valence-corrected chi connectivity index (χ3v) is 9.83. The number of carboxylic acids is 1. The second-order valence-electron chi connectivity index (χ2n) is 9.99. The molecule has 5 rings (SSSR count). The Morgan fingerprint density at radius 3 is 1.98 bits per heavy atom. The Hall–Kier alpha value is -2.82. The standard InChI is InChI=1S/C23H26Cl2N2O4S.C6H5Cl.C2H4O2.C2H6/c1-2-18(27-22(14-31-15-23(27)28)16-7-9-17(24)10-8-16)13-26(32(29,30)19-11-12-19)21-6-4-3-5-20(21)25;7-6-4-2-1-3-5-6;1-2(3)4;1-2/h3-10,18-19,22H,2,11-15H2,1H3;1-5H;1H3,(H,3,4);1-2H3/t18-,22-;;;/m0.../s1. The van der Waals surface area contributed by atoms with Crippen LogP contribution in [0.2, 0.25) is 15.1 Å². The number of carboxylic acid groups (broad SMARTS) is 1. The number of amides is 1. The van der Waals surface area contributed by atoms with Crippen LogP contribution in [-0.4, -0.2) is 61.4 Å². The molecule has 12 heteroatoms. The first-order chi connectivity index (χ1) is 21.4. The van der Waals surface area contributed by atoms with Crippen molar-refractivity contribution in [3.63, 3.8) is 0 Å². The summed E-state index contributed by atoms with van der Waals surface area (Å²) in [6.07, 6.45) is 1.87. The fourth-order valence-electron chi connectivity index (χ4n) is 4.55. The summed E-state index contributed by atoms with van der Waals surface area (Å²) in [6.45, 7) is 7.49. The van der Waals surface area contributed by atoms with E-state index in [1.54, 1.807) is 41.3 Å². The second-order valence-corrected chi connectivity index (χ2v) is 13.4. The minimum atomic E-state index is -3.59. The first-order valence-corrected chi connectivity index (χ1v) is 17.4. The topological polar surface area (TPSA) is 104 Å². The number of anilines is 1. The fourth-order valence-corrected chi connectivity index (χ4v) is 7.01. The number of benzene rings is 3. The average Bonchev–Trinajstić information content (AvgIpc) is 3.87. The lowest BCUT2D eigenvalue weighted by Gasteiger charge is -2.43. The molecule has 0 aromatic heterocycles. The van der Waals surface area contributed by atoms with Gasteiger partial charge in [0.2, 0.25) is 15.9 Å². The first-order valence-electron chi connectivity index (χ1n) is 14.8. The zero-order chi connectivity index (χ0) is 33.6. The number of halogens is 3. The van der Waals surface area contributed by atoms with Gasteiger partial charge < -0.3 is 14.7 Å². The lowest BCUT2D eigenvalue weighted by atomic mass is 10.0. The zero-order valence-corrected chi connectivity index (χ0v) is 29.0. The first kappa shape index (κ1) is 38.4. The molecule has 1 aliphatic carbocycles. The minimum Gasteiger partial charge on any atom is -0.481 e. The molecule has 1 saturated carbocycles. The molecular formula is C33H41Cl3N2O6S. The number of para-hydroxylation sites is 1. The van der Waals surface area contributed by atoms with E-state index in [0.717, 1.165) is 17.5 Å². The van der Waals surface area contributed by atoms with Crippen molar-refractivity contribution in [2.75, 3.05) is 24.1 Å². The predicted octanol–water partition coefficient (Wildman–Crippen LogP) is 8.13. The van der Waals surface area contributed by atoms with Gasteiger partial charge in [-0.15, -0.1) is 0 Å². The Morgan fingerprint density at radius 2 is 1.49 bits per heavy atom. The Balaban J connectivity index is 0.000000456. The van der Waals surface area contributed by atoms with E-state index in [4.69, 9.17) is 49.4 Å². The highest BCUT2D eigenvalue weighted by Gasteiger charge is 2.43. The van der Waals surface area contributed by atoms with Crippen molar-refractivity contribution in [2.45, 2.75) is 64.3 Å². The molecule has 1 N–H and O–H groups in total. The normalized spacial score (nSPS) is 16.5. The van der Waals surface area contributed by atoms with Crippen molar-refractivity contribution in [3.8, 4) is 0 Å². The number of aliphatic carboxylic acids is 1. The van der Waals surface area contributed by atoms with E-state index in [-0.39, 0.29) is 31.1 Å². The number of carbonyl (C=O) groups excluding carboxylic acids is 1. The minimum absolute atomic E-state index is 0.0257. The maximum Gasteiger partial charge on any atom is 0.300 e. The van der Waals surface area contributed by atoms with Crippen molar-refractivity contribution in [1.29, 1.82) is 0 Å². The van der Waals surface area contributed by atoms with E-state index < -0.39 is 21.2 Å². The molecule has 246 valence electrons. The van der Waals surface area contributed by atoms with Gasteiger partial charge in [0.15, 0.2) is 0 Å². The molecule has 0 spiro atoms. The maximum atomic E-state index is 13.4. The molecule has 2 aliphatic rings. The maximum absolute atomic E-state index is 13.4. The van der Waals surface area contributed by atoms with Crippen LogP contribution in [0.3, 0.4) is 0 Å². The number of morpholine rings is 1. The van der Waals surface area contributed by atoms with Crippen LogP contribution >= 0.6 is 34.8 Å². The molecule has 1 heterocycles. The summed E-state index contributed by atoms with van der Waals surface area (Å²) >= 11 is 18.0. The number of carbonyl (C=O) groups is 2. The summed E-state index contributed by atoms with van der Waals surface area (Å²) < 4.78 is 33.7. The quantitative estimate of drug-likeness (QED) is 0.255. The predicted molar refractivity (Wildman–Crippen MR) is 183 cm³/mol. The highest BCUT2D eigenvalue weighted by molar-refractivity contribution is 7.93. The number of hydrogen-bond donors (Lipinski definition) is 1. The van der Waals surface area contributed by atoms with Crippen LogP contribution in [0.5, 0.6) is 0 Å². The lowest BCUT2D eigenvalue weighted by Crippen LogP contribution is -2.54. The average molecular weight is 700 g/mol. The van der Waals surface area contributed by atoms with Crippen LogP contribution in [0.1, 0.15) is 58.6 Å². The summed E-state index contributed by atoms with van der Waals surface area (Å²) in [5, 5.41) is 8.79. The summed E-state index contributed by atoms with van der Waals surface area (Å²) in [4.78, 5) is 23.8. The Labute approximate surface area is 281 Å². The van der Waals surface area contributed by atoms with E-state index in [9.17, 15) is 13.2 Å². The van der Waals surface area contributed by atoms with Crippen LogP contribution in [-0.2, 0) is 24.3 Å². The molecule has 0 bridgehead atoms. The van der Waals surface area contributed by atoms with Crippen LogP contribution in [0.25, 0.3) is 0 Å². The molecular weight excluding hydrogens is 659 g/mol. The summed E-state index contributed by atoms with van der Waals surface area (Å²) in [7, 11) is -3.59. The highest BCUT2D eigenvalue weighted by atomic mass is 35.5. The van der Waals surface area contributed by atoms with Gasteiger partial charge in [-0.2, -0.15) is 0 Å². The van der Waals surface area contributed by atoms with Crippen molar-refractivity contribution in [2.24, 2.45) is 0 Å². The van der Waals surface area contributed by atoms with E-state index in [0.29, 0.717) is 41.6 Å². The SMILES string of the molecule is CC.CC(=O)O.CC[C@@H](CN(c1ccccc1Cl)S(=O)(=O)C1CC1)N1C(=O)COC[C@H]1c1ccc(Cl)cc1.Clc1ccccc1. The van der Waals surface area contributed by atoms with Crippen molar-refractivity contribution >= 4 is 62.4 Å². The molecule has 3 aromatic rings. The molecule has 1 amide bonds. The number of rotatable bonds is 8. The number of nitrogens with zero attached hydrogens (tertiary/aromatic N) is 2. The molecule has 45 heavy (non-hydrogen) atoms. The van der Waals surface area contributed by atoms with Gasteiger partial charge in [-0.05, 0) is 61.2 Å². The van der Waals surface area contributed by atoms with Gasteiger partial charge >= 0.3 is 0 Å². The Kier molecular flexibility index (Phi) is 16.2. The number of sulfonamides is 1. The molecule has 3 aromatic carbocycles. The lowest BCUT2D eigenvalue weighted by molar-refractivity contribution is -0.152. The third-order valence-electron chi connectivity index (χ3n) is 6.73. The van der Waals surface area contributed by atoms with Gasteiger partial charge in [0.25, 0.3) is 5.97 Å². The van der Waals surface area contributed by atoms with Crippen molar-refractivity contribution in [1.82, 2.24) is 4.90 Å². The summed E-state index contributed by atoms with van der Waals surface area (Å²) in [6, 6.07) is 23.0. The largest absolute Gasteiger partial charge is 0.481 e. The molecule has 1 saturated heterocycles. The van der Waals surface area contributed by atoms with E-state index >= 15 is 0 Å². The second kappa shape index (κ2) is 19.0. The monoisotopic (exact) mass is 698 g/mol. The van der Waals surface area contributed by atoms with E-state index in [2.05, 4.69) is 0 Å². The number of ether oxygens (including phenoxy) is 1. The van der Waals surface area contributed by atoms with Crippen LogP contribution in [0.4, 0.5) is 5.69 Å². The Morgan fingerprint density at radius 1 is 0.956 bits per heavy atom. The zero-order valence-electron chi connectivity index (χ0n) is 25.9. The summed E-state index contributed by atoms with van der Waals surface area (Å²) in [5.41, 5.74) is 1.35. The molecule has 2 atom stereocenters. The van der Waals surface area contributed by atoms with Gasteiger partial charge in [-0.3, -0.25) is 13.9 Å². The molecule has 0 radical (unpaired) electrons. The highest BCUT2D eigenvalue weighted by Crippen LogP contribution is 2.38. The number of hydrogen-bond acceptors (Lipinski definition) is 5. The van der Waals surface area contributed by atoms with Crippen LogP contribution in [0.15, 0.2) is 78.9 Å². The van der Waals surface area contributed by atoms with Gasteiger partial charge in [-0.1, -0.05) is 98.0 Å². The van der Waals surface area contributed by atoms with Gasteiger partial charge in [0.05, 0.1) is 41.2 Å². The van der Waals surface area contributed by atoms with E-state index in [1.807, 2.05) is 63.2 Å². The molecule has 0 unspecified atom stereocenters. The fraction of sp³-hybridized carbons (Fsp3) is 0.394. The van der Waals surface area contributed by atoms with E-state index in [1.165, 1.54) is 4.31 Å². The molecule has 2 fully saturated rings. The van der Waals surface area contributed by atoms with Crippen molar-refractivity contribution < 1.29 is 27.9 Å². The van der Waals surface area contributed by atoms with Crippen molar-refractivity contribution in [3.05, 3.63) is 99.5 Å². The summed E-state index contributed by atoms with van der Waals surface area (Å²) in [5.74, 6) is -0.994. The van der Waals surface area contributed by atoms with Gasteiger partial charge in [0.1, 0.15) is 6.61 Å². The smallest absolute Gasteiger partial charge is 0.300 e. The van der Waals surface area contributed by atoms with Crippen LogP contribution < -0.4 is 4.31 Å².